The third kappa shape index (κ3) is 7.90. The van der Waals surface area contributed by atoms with Gasteiger partial charge in [0.05, 0.1) is 11.4 Å². The van der Waals surface area contributed by atoms with E-state index in [4.69, 9.17) is 11.6 Å². The van der Waals surface area contributed by atoms with E-state index in [0.717, 1.165) is 27.4 Å². The van der Waals surface area contributed by atoms with Crippen molar-refractivity contribution in [2.24, 2.45) is 0 Å². The van der Waals surface area contributed by atoms with Crippen molar-refractivity contribution in [2.75, 3.05) is 20.1 Å². The van der Waals surface area contributed by atoms with Crippen LogP contribution in [0.2, 0.25) is 5.02 Å². The Morgan fingerprint density at radius 2 is 1.55 bits per heavy atom. The van der Waals surface area contributed by atoms with Gasteiger partial charge in [-0.25, -0.2) is 8.42 Å². The highest BCUT2D eigenvalue weighted by Crippen LogP contribution is 2.19. The number of aryl methyl sites for hydroxylation is 1. The van der Waals surface area contributed by atoms with Gasteiger partial charge in [-0.3, -0.25) is 9.59 Å². The molecule has 38 heavy (non-hydrogen) atoms. The molecule has 0 radical (unpaired) electrons. The van der Waals surface area contributed by atoms with E-state index >= 15 is 0 Å². The molecule has 1 N–H and O–H groups in total. The maximum Gasteiger partial charge on any atom is 0.243 e. The molecule has 0 aliphatic heterocycles. The zero-order chi connectivity index (χ0) is 27.7. The van der Waals surface area contributed by atoms with Gasteiger partial charge in [0.15, 0.2) is 0 Å². The van der Waals surface area contributed by atoms with Gasteiger partial charge in [-0.15, -0.1) is 0 Å². The number of carbonyl (C=O) groups excluding carboxylic acids is 2. The summed E-state index contributed by atoms with van der Waals surface area (Å²) in [5.41, 5.74) is 2.59. The summed E-state index contributed by atoms with van der Waals surface area (Å²) in [6, 6.07) is 22.1. The number of halogens is 1. The Morgan fingerprint density at radius 1 is 0.921 bits per heavy atom. The van der Waals surface area contributed by atoms with Crippen molar-refractivity contribution in [3.05, 3.63) is 101 Å². The monoisotopic (exact) mass is 555 g/mol. The lowest BCUT2D eigenvalue weighted by Gasteiger charge is -2.32. The first-order valence-electron chi connectivity index (χ1n) is 12.5. The molecule has 3 aromatic carbocycles. The molecule has 7 nitrogen and oxygen atoms in total. The van der Waals surface area contributed by atoms with Crippen molar-refractivity contribution < 1.29 is 18.0 Å². The summed E-state index contributed by atoms with van der Waals surface area (Å²) in [5.74, 6) is -0.771. The molecule has 2 amide bonds. The Balaban J connectivity index is 1.95. The van der Waals surface area contributed by atoms with Crippen LogP contribution in [-0.2, 0) is 32.6 Å². The Bertz CT molecular complexity index is 1310. The van der Waals surface area contributed by atoms with Gasteiger partial charge in [0.1, 0.15) is 6.04 Å². The third-order valence-electron chi connectivity index (χ3n) is 6.17. The fraction of sp³-hybridized carbons (Fsp3) is 0.310. The Labute approximate surface area is 230 Å². The number of rotatable bonds is 12. The minimum absolute atomic E-state index is 0.101. The van der Waals surface area contributed by atoms with Gasteiger partial charge in [-0.1, -0.05) is 78.7 Å². The van der Waals surface area contributed by atoms with Crippen molar-refractivity contribution in [3.63, 3.8) is 0 Å². The van der Waals surface area contributed by atoms with Gasteiger partial charge in [0.25, 0.3) is 0 Å². The summed E-state index contributed by atoms with van der Waals surface area (Å²) < 4.78 is 27.4. The fourth-order valence-electron chi connectivity index (χ4n) is 3.96. The predicted molar refractivity (Wildman–Crippen MR) is 150 cm³/mol. The normalized spacial score (nSPS) is 12.2. The number of nitrogens with one attached hydrogen (secondary N) is 1. The minimum Gasteiger partial charge on any atom is -0.354 e. The highest BCUT2D eigenvalue weighted by Gasteiger charge is 2.32. The molecule has 9 heteroatoms. The van der Waals surface area contributed by atoms with Crippen molar-refractivity contribution >= 4 is 33.4 Å². The van der Waals surface area contributed by atoms with Gasteiger partial charge < -0.3 is 10.2 Å². The maximum absolute atomic E-state index is 13.8. The molecule has 1 atom stereocenters. The molecular weight excluding hydrogens is 522 g/mol. The van der Waals surface area contributed by atoms with Crippen LogP contribution in [0.5, 0.6) is 0 Å². The SMILES string of the molecule is CCCNC(=O)[C@@H](Cc1ccccc1)N(Cc1ccc(Cl)cc1)C(=O)CN(C)S(=O)(=O)c1ccc(C)cc1. The molecule has 3 aromatic rings. The van der Waals surface area contributed by atoms with Crippen molar-refractivity contribution in [1.29, 1.82) is 0 Å². The lowest BCUT2D eigenvalue weighted by atomic mass is 10.0. The maximum atomic E-state index is 13.8. The molecule has 0 aliphatic carbocycles. The van der Waals surface area contributed by atoms with Gasteiger partial charge in [0.2, 0.25) is 21.8 Å². The second-order valence-corrected chi connectivity index (χ2v) is 11.7. The zero-order valence-corrected chi connectivity index (χ0v) is 23.5. The summed E-state index contributed by atoms with van der Waals surface area (Å²) in [5, 5.41) is 3.46. The number of carbonyl (C=O) groups is 2. The smallest absolute Gasteiger partial charge is 0.243 e. The molecule has 0 spiro atoms. The largest absolute Gasteiger partial charge is 0.354 e. The van der Waals surface area contributed by atoms with E-state index < -0.39 is 28.5 Å². The molecule has 0 saturated carbocycles. The van der Waals surface area contributed by atoms with Crippen molar-refractivity contribution in [2.45, 2.75) is 44.2 Å². The van der Waals surface area contributed by atoms with E-state index in [1.807, 2.05) is 44.2 Å². The van der Waals surface area contributed by atoms with Crippen LogP contribution in [0.25, 0.3) is 0 Å². The minimum atomic E-state index is -3.91. The van der Waals surface area contributed by atoms with Gasteiger partial charge in [-0.2, -0.15) is 4.31 Å². The van der Waals surface area contributed by atoms with E-state index in [0.29, 0.717) is 11.6 Å². The highest BCUT2D eigenvalue weighted by atomic mass is 35.5. The zero-order valence-electron chi connectivity index (χ0n) is 21.9. The van der Waals surface area contributed by atoms with E-state index in [9.17, 15) is 18.0 Å². The highest BCUT2D eigenvalue weighted by molar-refractivity contribution is 7.89. The predicted octanol–water partition coefficient (Wildman–Crippen LogP) is 4.44. The average Bonchev–Trinajstić information content (AvgIpc) is 2.91. The average molecular weight is 556 g/mol. The fourth-order valence-corrected chi connectivity index (χ4v) is 5.21. The van der Waals surface area contributed by atoms with Crippen LogP contribution < -0.4 is 5.32 Å². The molecule has 0 fully saturated rings. The topological polar surface area (TPSA) is 86.8 Å². The second-order valence-electron chi connectivity index (χ2n) is 9.22. The van der Waals surface area contributed by atoms with Crippen LogP contribution in [0.4, 0.5) is 0 Å². The van der Waals surface area contributed by atoms with E-state index in [1.165, 1.54) is 24.1 Å². The number of nitrogens with zero attached hydrogens (tertiary/aromatic N) is 2. The van der Waals surface area contributed by atoms with Crippen molar-refractivity contribution in [1.82, 2.24) is 14.5 Å². The summed E-state index contributed by atoms with van der Waals surface area (Å²) in [6.07, 6.45) is 1.02. The van der Waals surface area contributed by atoms with Crippen molar-refractivity contribution in [3.8, 4) is 0 Å². The standard InChI is InChI=1S/C29H34ClN3O4S/c1-4-18-31-29(35)27(19-23-8-6-5-7-9-23)33(20-24-12-14-25(30)15-13-24)28(34)21-32(3)38(36,37)26-16-10-22(2)11-17-26/h5-17,27H,4,18-21H2,1-3H3,(H,31,35)/t27-/m1/s1. The van der Waals surface area contributed by atoms with Crippen LogP contribution >= 0.6 is 11.6 Å². The quantitative estimate of drug-likeness (QED) is 0.358. The van der Waals surface area contributed by atoms with Crippen LogP contribution in [0, 0.1) is 6.92 Å². The number of benzene rings is 3. The van der Waals surface area contributed by atoms with Crippen LogP contribution in [-0.4, -0.2) is 55.6 Å². The molecule has 0 aromatic heterocycles. The molecule has 202 valence electrons. The van der Waals surface area contributed by atoms with Crippen LogP contribution in [0.15, 0.2) is 83.8 Å². The second kappa shape index (κ2) is 13.6. The lowest BCUT2D eigenvalue weighted by molar-refractivity contribution is -0.141. The molecule has 3 rings (SSSR count). The summed E-state index contributed by atoms with van der Waals surface area (Å²) in [6.45, 7) is 3.99. The Morgan fingerprint density at radius 3 is 2.16 bits per heavy atom. The van der Waals surface area contributed by atoms with E-state index in [-0.39, 0.29) is 23.8 Å². The molecular formula is C29H34ClN3O4S. The first kappa shape index (κ1) is 29.4. The lowest BCUT2D eigenvalue weighted by Crippen LogP contribution is -2.53. The molecule has 0 heterocycles. The number of likely N-dealkylation sites (N-methyl/N-ethyl adjacent to an activating group) is 1. The van der Waals surface area contributed by atoms with Crippen LogP contribution in [0.1, 0.15) is 30.0 Å². The van der Waals surface area contributed by atoms with Gasteiger partial charge in [-0.05, 0) is 48.7 Å². The number of hydrogen-bond donors (Lipinski definition) is 1. The molecule has 0 aliphatic rings. The summed E-state index contributed by atoms with van der Waals surface area (Å²) in [4.78, 5) is 28.7. The number of hydrogen-bond acceptors (Lipinski definition) is 4. The molecule has 0 unspecified atom stereocenters. The number of amides is 2. The molecule has 0 bridgehead atoms. The summed E-state index contributed by atoms with van der Waals surface area (Å²) in [7, 11) is -2.54. The first-order chi connectivity index (χ1) is 18.1. The van der Waals surface area contributed by atoms with Gasteiger partial charge in [0, 0.05) is 31.6 Å². The van der Waals surface area contributed by atoms with Crippen LogP contribution in [0.3, 0.4) is 0 Å². The molecule has 0 saturated heterocycles. The van der Waals surface area contributed by atoms with E-state index in [1.54, 1.807) is 36.4 Å². The summed E-state index contributed by atoms with van der Waals surface area (Å²) >= 11 is 6.06. The number of sulfonamides is 1. The van der Waals surface area contributed by atoms with Gasteiger partial charge >= 0.3 is 0 Å². The Hall–Kier alpha value is -3.20. The third-order valence-corrected chi connectivity index (χ3v) is 8.24. The first-order valence-corrected chi connectivity index (χ1v) is 14.3. The van der Waals surface area contributed by atoms with E-state index in [2.05, 4.69) is 5.32 Å². The Kier molecular flexibility index (Phi) is 10.5.